The highest BCUT2D eigenvalue weighted by atomic mass is 16.5. The first kappa shape index (κ1) is 28.2. The molecule has 0 aliphatic rings. The van der Waals surface area contributed by atoms with Gasteiger partial charge in [0.15, 0.2) is 0 Å². The van der Waals surface area contributed by atoms with E-state index in [2.05, 4.69) is 48.5 Å². The number of furan rings is 1. The molecule has 0 spiro atoms. The van der Waals surface area contributed by atoms with Crippen LogP contribution in [-0.4, -0.2) is 35.6 Å². The lowest BCUT2D eigenvalue weighted by Crippen LogP contribution is -2.31. The zero-order valence-electron chi connectivity index (χ0n) is 21.9. The second-order valence-electron chi connectivity index (χ2n) is 11.6. The minimum Gasteiger partial charge on any atom is -0.461 e. The Labute approximate surface area is 191 Å². The molecular weight excluding hydrogens is 392 g/mol. The molecule has 1 rings (SSSR count). The molecule has 0 fully saturated rings. The number of rotatable bonds is 14. The molecule has 0 N–H and O–H groups in total. The third-order valence-corrected chi connectivity index (χ3v) is 4.87. The summed E-state index contributed by atoms with van der Waals surface area (Å²) >= 11 is 0. The molecule has 0 amide bonds. The number of hydrogen-bond donors (Lipinski definition) is 0. The molecule has 0 saturated carbocycles. The summed E-state index contributed by atoms with van der Waals surface area (Å²) < 4.78 is 29.7. The van der Waals surface area contributed by atoms with Crippen molar-refractivity contribution in [2.75, 3.05) is 13.2 Å². The van der Waals surface area contributed by atoms with Gasteiger partial charge >= 0.3 is 0 Å². The van der Waals surface area contributed by atoms with Crippen LogP contribution in [0.4, 0.5) is 0 Å². The fourth-order valence-corrected chi connectivity index (χ4v) is 2.81. The third kappa shape index (κ3) is 14.7. The Hall–Kier alpha value is -0.880. The molecule has 31 heavy (non-hydrogen) atoms. The second kappa shape index (κ2) is 11.8. The minimum atomic E-state index is -0.254. The van der Waals surface area contributed by atoms with Crippen molar-refractivity contribution in [3.63, 3.8) is 0 Å². The van der Waals surface area contributed by atoms with Crippen LogP contribution in [0.1, 0.15) is 106 Å². The van der Waals surface area contributed by atoms with Crippen LogP contribution in [0.5, 0.6) is 0 Å². The van der Waals surface area contributed by atoms with Gasteiger partial charge in [-0.25, -0.2) is 0 Å². The monoisotopic (exact) mass is 440 g/mol. The molecule has 5 nitrogen and oxygen atoms in total. The summed E-state index contributed by atoms with van der Waals surface area (Å²) in [6.07, 6.45) is 3.88. The molecule has 0 aliphatic heterocycles. The molecule has 0 bridgehead atoms. The molecular formula is C26H48O5. The van der Waals surface area contributed by atoms with Crippen LogP contribution < -0.4 is 0 Å². The van der Waals surface area contributed by atoms with Gasteiger partial charge in [0.05, 0.1) is 22.4 Å². The quantitative estimate of drug-likeness (QED) is 0.290. The molecule has 0 saturated heterocycles. The zero-order valence-corrected chi connectivity index (χ0v) is 21.9. The average molecular weight is 441 g/mol. The van der Waals surface area contributed by atoms with E-state index in [-0.39, 0.29) is 22.4 Å². The molecule has 1 aromatic heterocycles. The molecule has 0 unspecified atom stereocenters. The van der Waals surface area contributed by atoms with E-state index in [1.54, 1.807) is 0 Å². The normalized spacial score (nSPS) is 13.7. The SMILES string of the molecule is CC(C)(C)OCCCCOC(C)(C)CCC(C)(C)OCc1ccc(COC(C)(C)C)o1. The Morgan fingerprint density at radius 2 is 1.00 bits per heavy atom. The van der Waals surface area contributed by atoms with E-state index >= 15 is 0 Å². The van der Waals surface area contributed by atoms with Crippen LogP contribution in [0.2, 0.25) is 0 Å². The lowest BCUT2D eigenvalue weighted by atomic mass is 9.93. The fourth-order valence-electron chi connectivity index (χ4n) is 2.81. The van der Waals surface area contributed by atoms with Crippen LogP contribution in [0, 0.1) is 0 Å². The van der Waals surface area contributed by atoms with Crippen LogP contribution >= 0.6 is 0 Å². The van der Waals surface area contributed by atoms with Crippen LogP contribution in [-0.2, 0) is 32.2 Å². The maximum atomic E-state index is 6.15. The number of unbranched alkanes of at least 4 members (excludes halogenated alkanes) is 1. The van der Waals surface area contributed by atoms with Crippen molar-refractivity contribution in [3.05, 3.63) is 23.7 Å². The van der Waals surface area contributed by atoms with Gasteiger partial charge in [0.1, 0.15) is 24.7 Å². The lowest BCUT2D eigenvalue weighted by Gasteiger charge is -2.31. The zero-order chi connectivity index (χ0) is 23.8. The van der Waals surface area contributed by atoms with Gasteiger partial charge in [0.25, 0.3) is 0 Å². The maximum absolute atomic E-state index is 6.15. The Morgan fingerprint density at radius 1 is 0.581 bits per heavy atom. The van der Waals surface area contributed by atoms with Gasteiger partial charge in [0.2, 0.25) is 0 Å². The van der Waals surface area contributed by atoms with Gasteiger partial charge in [-0.15, -0.1) is 0 Å². The van der Waals surface area contributed by atoms with Gasteiger partial charge in [-0.2, -0.15) is 0 Å². The van der Waals surface area contributed by atoms with E-state index in [0.717, 1.165) is 50.4 Å². The summed E-state index contributed by atoms with van der Waals surface area (Å²) in [5.41, 5.74) is -0.673. The van der Waals surface area contributed by atoms with Crippen molar-refractivity contribution < 1.29 is 23.4 Å². The van der Waals surface area contributed by atoms with E-state index in [9.17, 15) is 0 Å². The van der Waals surface area contributed by atoms with Gasteiger partial charge in [0, 0.05) is 13.2 Å². The molecule has 1 heterocycles. The molecule has 0 atom stereocenters. The van der Waals surface area contributed by atoms with Crippen molar-refractivity contribution in [3.8, 4) is 0 Å². The Morgan fingerprint density at radius 3 is 1.48 bits per heavy atom. The van der Waals surface area contributed by atoms with Crippen LogP contribution in [0.15, 0.2) is 16.5 Å². The van der Waals surface area contributed by atoms with E-state index in [1.165, 1.54) is 0 Å². The smallest absolute Gasteiger partial charge is 0.130 e. The highest BCUT2D eigenvalue weighted by Crippen LogP contribution is 2.26. The van der Waals surface area contributed by atoms with Crippen molar-refractivity contribution in [2.45, 2.75) is 131 Å². The van der Waals surface area contributed by atoms with E-state index in [1.807, 2.05) is 32.9 Å². The fraction of sp³-hybridized carbons (Fsp3) is 0.846. The highest BCUT2D eigenvalue weighted by molar-refractivity contribution is 5.05. The molecule has 5 heteroatoms. The van der Waals surface area contributed by atoms with Gasteiger partial charge in [-0.05, 0) is 107 Å². The van der Waals surface area contributed by atoms with Crippen LogP contribution in [0.3, 0.4) is 0 Å². The average Bonchev–Trinajstić information content (AvgIpc) is 3.07. The highest BCUT2D eigenvalue weighted by Gasteiger charge is 2.26. The first-order valence-corrected chi connectivity index (χ1v) is 11.7. The molecule has 0 aromatic carbocycles. The van der Waals surface area contributed by atoms with Gasteiger partial charge in [-0.3, -0.25) is 0 Å². The number of ether oxygens (including phenoxy) is 4. The summed E-state index contributed by atoms with van der Waals surface area (Å²) in [5.74, 6) is 1.65. The summed E-state index contributed by atoms with van der Waals surface area (Å²) in [5, 5.41) is 0. The van der Waals surface area contributed by atoms with Gasteiger partial charge < -0.3 is 23.4 Å². The van der Waals surface area contributed by atoms with Crippen LogP contribution in [0.25, 0.3) is 0 Å². The largest absolute Gasteiger partial charge is 0.461 e. The Kier molecular flexibility index (Phi) is 10.7. The standard InChI is InChI=1S/C26H48O5/c1-23(2,3)27-17-11-12-18-28-25(7,8)15-16-26(9,10)30-20-22-14-13-21(31-22)19-29-24(4,5)6/h13-14H,11-12,15-20H2,1-10H3. The van der Waals surface area contributed by atoms with Crippen molar-refractivity contribution in [2.24, 2.45) is 0 Å². The molecule has 1 aromatic rings. The summed E-state index contributed by atoms with van der Waals surface area (Å²) in [4.78, 5) is 0. The second-order valence-corrected chi connectivity index (χ2v) is 11.6. The van der Waals surface area contributed by atoms with Crippen molar-refractivity contribution >= 4 is 0 Å². The maximum Gasteiger partial charge on any atom is 0.130 e. The van der Waals surface area contributed by atoms with E-state index in [4.69, 9.17) is 23.4 Å². The summed E-state index contributed by atoms with van der Waals surface area (Å²) in [6.45, 7) is 23.4. The Balaban J connectivity index is 2.29. The third-order valence-electron chi connectivity index (χ3n) is 4.87. The van der Waals surface area contributed by atoms with Crippen molar-refractivity contribution in [1.82, 2.24) is 0 Å². The van der Waals surface area contributed by atoms with E-state index in [0.29, 0.717) is 13.2 Å². The molecule has 182 valence electrons. The first-order chi connectivity index (χ1) is 14.1. The lowest BCUT2D eigenvalue weighted by molar-refractivity contribution is -0.0752. The predicted molar refractivity (Wildman–Crippen MR) is 126 cm³/mol. The molecule has 0 aliphatic carbocycles. The van der Waals surface area contributed by atoms with E-state index < -0.39 is 0 Å². The predicted octanol–water partition coefficient (Wildman–Crippen LogP) is 7.06. The first-order valence-electron chi connectivity index (χ1n) is 11.7. The Bertz CT molecular complexity index is 616. The molecule has 0 radical (unpaired) electrons. The number of hydrogen-bond acceptors (Lipinski definition) is 5. The van der Waals surface area contributed by atoms with Gasteiger partial charge in [-0.1, -0.05) is 0 Å². The topological polar surface area (TPSA) is 50.1 Å². The minimum absolute atomic E-state index is 0.0663. The summed E-state index contributed by atoms with van der Waals surface area (Å²) in [6, 6.07) is 3.93. The van der Waals surface area contributed by atoms with Crippen molar-refractivity contribution in [1.29, 1.82) is 0 Å². The summed E-state index contributed by atoms with van der Waals surface area (Å²) in [7, 11) is 0.